The minimum Gasteiger partial charge on any atom is -0.368 e. The number of aromatic nitrogens is 3. The molecule has 1 aromatic heterocycles. The van der Waals surface area contributed by atoms with Crippen LogP contribution < -0.4 is 5.73 Å². The number of thioether (sulfide) groups is 1. The summed E-state index contributed by atoms with van der Waals surface area (Å²) >= 11 is 1.48. The Bertz CT molecular complexity index is 349. The maximum absolute atomic E-state index is 11.3. The number of anilines is 1. The highest BCUT2D eigenvalue weighted by Gasteiger charge is 2.08. The van der Waals surface area contributed by atoms with E-state index in [4.69, 9.17) is 5.73 Å². The van der Waals surface area contributed by atoms with E-state index in [0.717, 1.165) is 5.16 Å². The van der Waals surface area contributed by atoms with E-state index < -0.39 is 0 Å². The summed E-state index contributed by atoms with van der Waals surface area (Å²) < 4.78 is 1.70. The molecule has 0 radical (unpaired) electrons. The van der Waals surface area contributed by atoms with Gasteiger partial charge in [-0.05, 0) is 0 Å². The van der Waals surface area contributed by atoms with Crippen molar-refractivity contribution in [2.75, 3.05) is 25.6 Å². The number of amides is 1. The molecular formula is C8H15N5OS. The summed E-state index contributed by atoms with van der Waals surface area (Å²) in [4.78, 5) is 12.8. The molecule has 1 amide bonds. The Morgan fingerprint density at radius 1 is 1.53 bits per heavy atom. The molecule has 0 spiro atoms. The molecule has 7 heteroatoms. The Kier molecular flexibility index (Phi) is 3.96. The number of hydrogen-bond acceptors (Lipinski definition) is 5. The molecule has 0 aliphatic carbocycles. The standard InChI is InChI=1S/C8H15N5OS/c1-12(2)6(14)4-5-15-8-11-10-7(9)13(8)3/h4-5H2,1-3H3,(H2,9,10). The van der Waals surface area contributed by atoms with Crippen LogP contribution in [-0.2, 0) is 11.8 Å². The van der Waals surface area contributed by atoms with Crippen molar-refractivity contribution in [3.63, 3.8) is 0 Å². The highest BCUT2D eigenvalue weighted by molar-refractivity contribution is 7.99. The van der Waals surface area contributed by atoms with E-state index in [1.165, 1.54) is 11.8 Å². The highest BCUT2D eigenvalue weighted by Crippen LogP contribution is 2.17. The Hall–Kier alpha value is -1.24. The first-order valence-electron chi connectivity index (χ1n) is 4.50. The van der Waals surface area contributed by atoms with Crippen molar-refractivity contribution in [3.8, 4) is 0 Å². The van der Waals surface area contributed by atoms with Gasteiger partial charge in [0.05, 0.1) is 0 Å². The van der Waals surface area contributed by atoms with Crippen molar-refractivity contribution in [1.82, 2.24) is 19.7 Å². The number of nitrogens with two attached hydrogens (primary N) is 1. The van der Waals surface area contributed by atoms with Crippen LogP contribution in [0.4, 0.5) is 5.95 Å². The molecule has 0 bridgehead atoms. The molecule has 6 nitrogen and oxygen atoms in total. The fourth-order valence-electron chi connectivity index (χ4n) is 0.905. The molecule has 0 unspecified atom stereocenters. The van der Waals surface area contributed by atoms with Crippen molar-refractivity contribution in [1.29, 1.82) is 0 Å². The molecule has 2 N–H and O–H groups in total. The topological polar surface area (TPSA) is 77.0 Å². The molecule has 1 heterocycles. The minimum absolute atomic E-state index is 0.109. The minimum atomic E-state index is 0.109. The van der Waals surface area contributed by atoms with E-state index in [0.29, 0.717) is 18.1 Å². The summed E-state index contributed by atoms with van der Waals surface area (Å²) in [6, 6.07) is 0. The van der Waals surface area contributed by atoms with E-state index in [9.17, 15) is 4.79 Å². The predicted molar refractivity (Wildman–Crippen MR) is 59.5 cm³/mol. The van der Waals surface area contributed by atoms with Crippen LogP contribution in [0.3, 0.4) is 0 Å². The van der Waals surface area contributed by atoms with Gasteiger partial charge in [-0.1, -0.05) is 11.8 Å². The van der Waals surface area contributed by atoms with Crippen LogP contribution in [-0.4, -0.2) is 45.4 Å². The maximum Gasteiger partial charge on any atom is 0.222 e. The molecule has 15 heavy (non-hydrogen) atoms. The normalized spacial score (nSPS) is 10.3. The summed E-state index contributed by atoms with van der Waals surface area (Å²) in [5.74, 6) is 1.18. The van der Waals surface area contributed by atoms with Crippen LogP contribution in [0.2, 0.25) is 0 Å². The number of carbonyl (C=O) groups excluding carboxylic acids is 1. The first-order chi connectivity index (χ1) is 7.02. The van der Waals surface area contributed by atoms with Gasteiger partial charge in [0.15, 0.2) is 5.16 Å². The molecule has 0 atom stereocenters. The van der Waals surface area contributed by atoms with E-state index >= 15 is 0 Å². The lowest BCUT2D eigenvalue weighted by atomic mass is 10.4. The van der Waals surface area contributed by atoms with Gasteiger partial charge in [0, 0.05) is 33.3 Å². The third kappa shape index (κ3) is 3.12. The van der Waals surface area contributed by atoms with Crippen molar-refractivity contribution >= 4 is 23.6 Å². The monoisotopic (exact) mass is 229 g/mol. The van der Waals surface area contributed by atoms with Gasteiger partial charge in [0.1, 0.15) is 0 Å². The SMILES string of the molecule is CN(C)C(=O)CCSc1nnc(N)n1C. The average molecular weight is 229 g/mol. The van der Waals surface area contributed by atoms with E-state index in [-0.39, 0.29) is 5.91 Å². The molecule has 0 fully saturated rings. The van der Waals surface area contributed by atoms with Gasteiger partial charge >= 0.3 is 0 Å². The smallest absolute Gasteiger partial charge is 0.222 e. The van der Waals surface area contributed by atoms with Gasteiger partial charge < -0.3 is 10.6 Å². The lowest BCUT2D eigenvalue weighted by Gasteiger charge is -2.09. The quantitative estimate of drug-likeness (QED) is 0.733. The zero-order chi connectivity index (χ0) is 11.4. The number of rotatable bonds is 4. The summed E-state index contributed by atoms with van der Waals surface area (Å²) in [5, 5.41) is 8.34. The number of hydrogen-bond donors (Lipinski definition) is 1. The van der Waals surface area contributed by atoms with Gasteiger partial charge in [0.25, 0.3) is 0 Å². The van der Waals surface area contributed by atoms with Gasteiger partial charge in [-0.2, -0.15) is 0 Å². The second kappa shape index (κ2) is 5.01. The van der Waals surface area contributed by atoms with Crippen molar-refractivity contribution in [3.05, 3.63) is 0 Å². The summed E-state index contributed by atoms with van der Waals surface area (Å²) in [5.41, 5.74) is 5.52. The van der Waals surface area contributed by atoms with Gasteiger partial charge in [-0.25, -0.2) is 0 Å². The summed E-state index contributed by atoms with van der Waals surface area (Å²) in [6.07, 6.45) is 0.491. The van der Waals surface area contributed by atoms with Crippen LogP contribution in [0, 0.1) is 0 Å². The van der Waals surface area contributed by atoms with E-state index in [1.54, 1.807) is 30.6 Å². The Labute approximate surface area is 92.8 Å². The third-order valence-corrected chi connectivity index (χ3v) is 2.94. The van der Waals surface area contributed by atoms with Gasteiger partial charge in [0.2, 0.25) is 11.9 Å². The van der Waals surface area contributed by atoms with Gasteiger partial charge in [-0.3, -0.25) is 9.36 Å². The van der Waals surface area contributed by atoms with E-state index in [1.807, 2.05) is 0 Å². The first kappa shape index (κ1) is 11.8. The number of carbonyl (C=O) groups is 1. The Morgan fingerprint density at radius 3 is 2.67 bits per heavy atom. The molecule has 1 rings (SSSR count). The number of nitrogens with zero attached hydrogens (tertiary/aromatic N) is 4. The zero-order valence-corrected chi connectivity index (χ0v) is 9.91. The Balaban J connectivity index is 2.38. The molecule has 1 aromatic rings. The number of nitrogen functional groups attached to an aromatic ring is 1. The van der Waals surface area contributed by atoms with Crippen molar-refractivity contribution in [2.24, 2.45) is 7.05 Å². The van der Waals surface area contributed by atoms with Crippen LogP contribution in [0.25, 0.3) is 0 Å². The molecular weight excluding hydrogens is 214 g/mol. The molecule has 0 saturated heterocycles. The fourth-order valence-corrected chi connectivity index (χ4v) is 1.75. The van der Waals surface area contributed by atoms with Crippen LogP contribution in [0.5, 0.6) is 0 Å². The Morgan fingerprint density at radius 2 is 2.20 bits per heavy atom. The highest BCUT2D eigenvalue weighted by atomic mass is 32.2. The third-order valence-electron chi connectivity index (χ3n) is 1.91. The molecule has 0 aromatic carbocycles. The molecule has 0 aliphatic heterocycles. The predicted octanol–water partition coefficient (Wildman–Crippen LogP) is -0.0323. The van der Waals surface area contributed by atoms with Crippen LogP contribution in [0.1, 0.15) is 6.42 Å². The van der Waals surface area contributed by atoms with Crippen molar-refractivity contribution < 1.29 is 4.79 Å². The largest absolute Gasteiger partial charge is 0.368 e. The second-order valence-corrected chi connectivity index (χ2v) is 4.35. The molecule has 0 aliphatic rings. The van der Waals surface area contributed by atoms with E-state index in [2.05, 4.69) is 10.2 Å². The lowest BCUT2D eigenvalue weighted by Crippen LogP contribution is -2.21. The average Bonchev–Trinajstić information content (AvgIpc) is 2.49. The van der Waals surface area contributed by atoms with Crippen LogP contribution >= 0.6 is 11.8 Å². The van der Waals surface area contributed by atoms with Crippen molar-refractivity contribution in [2.45, 2.75) is 11.6 Å². The lowest BCUT2D eigenvalue weighted by molar-refractivity contribution is -0.128. The molecule has 84 valence electrons. The zero-order valence-electron chi connectivity index (χ0n) is 9.10. The summed E-state index contributed by atoms with van der Waals surface area (Å²) in [7, 11) is 5.28. The molecule has 0 saturated carbocycles. The van der Waals surface area contributed by atoms with Crippen LogP contribution in [0.15, 0.2) is 5.16 Å². The second-order valence-electron chi connectivity index (χ2n) is 3.29. The summed E-state index contributed by atoms with van der Waals surface area (Å²) in [6.45, 7) is 0. The fraction of sp³-hybridized carbons (Fsp3) is 0.625. The van der Waals surface area contributed by atoms with Gasteiger partial charge in [-0.15, -0.1) is 10.2 Å². The first-order valence-corrected chi connectivity index (χ1v) is 5.48. The maximum atomic E-state index is 11.3.